The van der Waals surface area contributed by atoms with Crippen molar-refractivity contribution in [2.24, 2.45) is 5.92 Å². The Hall–Kier alpha value is -2.71. The maximum absolute atomic E-state index is 12.9. The number of amides is 1. The minimum atomic E-state index is -4.49. The monoisotopic (exact) mass is 394 g/mol. The van der Waals surface area contributed by atoms with Gasteiger partial charge in [0, 0.05) is 37.5 Å². The molecular weight excluding hydrogens is 373 g/mol. The van der Waals surface area contributed by atoms with Crippen molar-refractivity contribution < 1.29 is 22.8 Å². The number of likely N-dealkylation sites (tertiary alicyclic amines) is 1. The van der Waals surface area contributed by atoms with Crippen molar-refractivity contribution in [2.45, 2.75) is 38.4 Å². The predicted octanol–water partition coefficient (Wildman–Crippen LogP) is 3.20. The maximum Gasteiger partial charge on any atom is 0.416 e. The molecule has 1 amide bonds. The average molecular weight is 394 g/mol. The maximum atomic E-state index is 12.9. The Morgan fingerprint density at radius 1 is 1.25 bits per heavy atom. The predicted molar refractivity (Wildman–Crippen MR) is 94.3 cm³/mol. The summed E-state index contributed by atoms with van der Waals surface area (Å²) < 4.78 is 40.3. The van der Waals surface area contributed by atoms with E-state index in [9.17, 15) is 22.8 Å². The third-order valence-corrected chi connectivity index (χ3v) is 4.86. The van der Waals surface area contributed by atoms with Gasteiger partial charge in [0.15, 0.2) is 5.78 Å². The van der Waals surface area contributed by atoms with E-state index in [-0.39, 0.29) is 23.8 Å². The molecule has 2 aromatic rings. The first-order chi connectivity index (χ1) is 13.3. The summed E-state index contributed by atoms with van der Waals surface area (Å²) in [6, 6.07) is 4.48. The zero-order valence-corrected chi connectivity index (χ0v) is 15.2. The number of halogens is 3. The van der Waals surface area contributed by atoms with Crippen LogP contribution in [0.5, 0.6) is 0 Å². The number of Topliss-reactive ketones (excluding diaryl/α,β-unsaturated/α-hetero) is 1. The van der Waals surface area contributed by atoms with Gasteiger partial charge >= 0.3 is 6.18 Å². The number of alkyl halides is 3. The fourth-order valence-corrected chi connectivity index (χ4v) is 3.40. The van der Waals surface area contributed by atoms with Crippen molar-refractivity contribution in [3.05, 3.63) is 48.0 Å². The lowest BCUT2D eigenvalue weighted by atomic mass is 9.89. The van der Waals surface area contributed by atoms with Crippen molar-refractivity contribution >= 4 is 11.7 Å². The number of carbonyl (C=O) groups excluding carboxylic acids is 2. The van der Waals surface area contributed by atoms with Crippen LogP contribution in [0, 0.1) is 5.92 Å². The molecule has 1 aliphatic heterocycles. The molecular formula is C19H21F3N4O2. The smallest absolute Gasteiger partial charge is 0.342 e. The molecule has 1 aliphatic rings. The molecule has 1 aromatic carbocycles. The van der Waals surface area contributed by atoms with Crippen LogP contribution in [0.3, 0.4) is 0 Å². The van der Waals surface area contributed by atoms with Crippen LogP contribution in [0.15, 0.2) is 36.9 Å². The second-order valence-corrected chi connectivity index (χ2v) is 6.88. The number of ketones is 1. The first-order valence-electron chi connectivity index (χ1n) is 9.16. The first kappa shape index (κ1) is 20.0. The SMILES string of the molecule is O=C(c1cccc(C(F)(F)F)c1)[C@@H]1CCCN(C(=O)CCCn2cncn2)C1. The lowest BCUT2D eigenvalue weighted by Crippen LogP contribution is -2.42. The second-order valence-electron chi connectivity index (χ2n) is 6.88. The molecule has 150 valence electrons. The molecule has 6 nitrogen and oxygen atoms in total. The largest absolute Gasteiger partial charge is 0.416 e. The minimum absolute atomic E-state index is 0.0420. The molecule has 0 aliphatic carbocycles. The molecule has 3 rings (SSSR count). The molecule has 1 atom stereocenters. The molecule has 0 unspecified atom stereocenters. The van der Waals surface area contributed by atoms with Crippen molar-refractivity contribution in [3.8, 4) is 0 Å². The van der Waals surface area contributed by atoms with Gasteiger partial charge in [-0.25, -0.2) is 4.98 Å². The number of hydrogen-bond donors (Lipinski definition) is 0. The van der Waals surface area contributed by atoms with Gasteiger partial charge in [0.1, 0.15) is 12.7 Å². The molecule has 1 aromatic heterocycles. The molecule has 0 bridgehead atoms. The number of carbonyl (C=O) groups is 2. The topological polar surface area (TPSA) is 68.1 Å². The van der Waals surface area contributed by atoms with Gasteiger partial charge in [-0.15, -0.1) is 0 Å². The zero-order valence-electron chi connectivity index (χ0n) is 15.2. The number of benzene rings is 1. The lowest BCUT2D eigenvalue weighted by molar-refractivity contribution is -0.137. The van der Waals surface area contributed by atoms with Crippen LogP contribution < -0.4 is 0 Å². The van der Waals surface area contributed by atoms with E-state index >= 15 is 0 Å². The molecule has 1 saturated heterocycles. The van der Waals surface area contributed by atoms with Gasteiger partial charge in [0.05, 0.1) is 5.56 Å². The van der Waals surface area contributed by atoms with E-state index in [2.05, 4.69) is 10.1 Å². The lowest BCUT2D eigenvalue weighted by Gasteiger charge is -2.32. The van der Waals surface area contributed by atoms with Crippen LogP contribution >= 0.6 is 0 Å². The summed E-state index contributed by atoms with van der Waals surface area (Å²) in [5, 5.41) is 3.97. The Kier molecular flexibility index (Phi) is 6.11. The summed E-state index contributed by atoms with van der Waals surface area (Å²) in [6.07, 6.45) is 0.664. The van der Waals surface area contributed by atoms with Gasteiger partial charge in [-0.3, -0.25) is 14.3 Å². The Balaban J connectivity index is 1.58. The van der Waals surface area contributed by atoms with Crippen molar-refractivity contribution in [3.63, 3.8) is 0 Å². The highest BCUT2D eigenvalue weighted by Gasteiger charge is 2.33. The number of piperidine rings is 1. The quantitative estimate of drug-likeness (QED) is 0.706. The molecule has 1 fully saturated rings. The zero-order chi connectivity index (χ0) is 20.1. The Morgan fingerprint density at radius 3 is 2.79 bits per heavy atom. The van der Waals surface area contributed by atoms with E-state index in [1.165, 1.54) is 18.5 Å². The second kappa shape index (κ2) is 8.53. The van der Waals surface area contributed by atoms with Gasteiger partial charge in [-0.1, -0.05) is 12.1 Å². The van der Waals surface area contributed by atoms with Crippen LogP contribution in [0.25, 0.3) is 0 Å². The van der Waals surface area contributed by atoms with Crippen LogP contribution in [-0.4, -0.2) is 44.4 Å². The molecule has 28 heavy (non-hydrogen) atoms. The fraction of sp³-hybridized carbons (Fsp3) is 0.474. The first-order valence-corrected chi connectivity index (χ1v) is 9.16. The molecule has 0 spiro atoms. The summed E-state index contributed by atoms with van der Waals surface area (Å²) >= 11 is 0. The van der Waals surface area contributed by atoms with Gasteiger partial charge in [-0.05, 0) is 31.4 Å². The van der Waals surface area contributed by atoms with Crippen LogP contribution in [-0.2, 0) is 17.5 Å². The van der Waals surface area contributed by atoms with Crippen molar-refractivity contribution in [1.29, 1.82) is 0 Å². The van der Waals surface area contributed by atoms with E-state index in [0.717, 1.165) is 12.1 Å². The summed E-state index contributed by atoms with van der Waals surface area (Å²) in [5.41, 5.74) is -0.796. The van der Waals surface area contributed by atoms with Crippen molar-refractivity contribution in [1.82, 2.24) is 19.7 Å². The van der Waals surface area contributed by atoms with E-state index in [4.69, 9.17) is 0 Å². The molecule has 0 saturated carbocycles. The summed E-state index contributed by atoms with van der Waals surface area (Å²) in [5.74, 6) is -0.871. The number of aromatic nitrogens is 3. The minimum Gasteiger partial charge on any atom is -0.342 e. The fourth-order valence-electron chi connectivity index (χ4n) is 3.40. The number of hydrogen-bond acceptors (Lipinski definition) is 4. The van der Waals surface area contributed by atoms with Crippen LogP contribution in [0.4, 0.5) is 13.2 Å². The van der Waals surface area contributed by atoms with E-state index in [0.29, 0.717) is 38.8 Å². The third kappa shape index (κ3) is 4.96. The van der Waals surface area contributed by atoms with E-state index in [1.807, 2.05) is 0 Å². The highest BCUT2D eigenvalue weighted by molar-refractivity contribution is 5.98. The normalized spacial score (nSPS) is 17.5. The number of nitrogens with zero attached hydrogens (tertiary/aromatic N) is 4. The summed E-state index contributed by atoms with van der Waals surface area (Å²) in [6.45, 7) is 1.39. The Morgan fingerprint density at radius 2 is 2.07 bits per heavy atom. The third-order valence-electron chi connectivity index (χ3n) is 4.86. The van der Waals surface area contributed by atoms with Crippen LogP contribution in [0.2, 0.25) is 0 Å². The Bertz CT molecular complexity index is 821. The van der Waals surface area contributed by atoms with E-state index < -0.39 is 17.7 Å². The summed E-state index contributed by atoms with van der Waals surface area (Å²) in [4.78, 5) is 30.6. The summed E-state index contributed by atoms with van der Waals surface area (Å²) in [7, 11) is 0. The number of rotatable bonds is 6. The molecule has 0 N–H and O–H groups in total. The van der Waals surface area contributed by atoms with Crippen molar-refractivity contribution in [2.75, 3.05) is 13.1 Å². The van der Waals surface area contributed by atoms with Gasteiger partial charge in [0.2, 0.25) is 5.91 Å². The Labute approximate surface area is 160 Å². The number of aryl methyl sites for hydroxylation is 1. The van der Waals surface area contributed by atoms with Gasteiger partial charge < -0.3 is 4.90 Å². The standard InChI is InChI=1S/C19H21F3N4O2/c20-19(21,22)16-6-1-4-14(10-16)18(28)15-5-2-8-25(11-15)17(27)7-3-9-26-13-23-12-24-26/h1,4,6,10,12-13,15H,2-3,5,7-9,11H2/t15-/m1/s1. The highest BCUT2D eigenvalue weighted by Crippen LogP contribution is 2.30. The highest BCUT2D eigenvalue weighted by atomic mass is 19.4. The van der Waals surface area contributed by atoms with E-state index in [1.54, 1.807) is 15.9 Å². The van der Waals surface area contributed by atoms with Gasteiger partial charge in [0.25, 0.3) is 0 Å². The van der Waals surface area contributed by atoms with Crippen LogP contribution in [0.1, 0.15) is 41.6 Å². The van der Waals surface area contributed by atoms with Gasteiger partial charge in [-0.2, -0.15) is 18.3 Å². The average Bonchev–Trinajstić information content (AvgIpc) is 3.20. The molecule has 0 radical (unpaired) electrons. The molecule has 2 heterocycles. The molecule has 9 heteroatoms.